The average molecular weight is 667 g/mol. The third-order valence-corrected chi connectivity index (χ3v) is 9.11. The predicted octanol–water partition coefficient (Wildman–Crippen LogP) is 4.17. The monoisotopic (exact) mass is 666 g/mol. The Bertz CT molecular complexity index is 1210. The van der Waals surface area contributed by atoms with Gasteiger partial charge in [-0.2, -0.15) is 0 Å². The molecule has 0 spiro atoms. The summed E-state index contributed by atoms with van der Waals surface area (Å²) in [4.78, 5) is 28.9. The van der Waals surface area contributed by atoms with Crippen LogP contribution in [0.1, 0.15) is 47.2 Å². The SMILES string of the molecule is CC(C)OC(=O)[C@H](C)NP(=O)(CCSc1nonc1C(=Nc1ccc(F)c(Br)c1)NO)N[C@@H](C)C(=O)OC(C)C. The Kier molecular flexibility index (Phi) is 13.2. The molecular weight excluding hydrogens is 634 g/mol. The van der Waals surface area contributed by atoms with Crippen molar-refractivity contribution in [3.05, 3.63) is 34.2 Å². The topological polar surface area (TPSA) is 177 Å². The van der Waals surface area contributed by atoms with Crippen LogP contribution in [0.15, 0.2) is 37.3 Å². The Morgan fingerprint density at radius 2 is 1.68 bits per heavy atom. The molecule has 0 aliphatic carbocycles. The van der Waals surface area contributed by atoms with Gasteiger partial charge in [0.2, 0.25) is 7.44 Å². The highest BCUT2D eigenvalue weighted by molar-refractivity contribution is 9.10. The lowest BCUT2D eigenvalue weighted by Gasteiger charge is -2.27. The summed E-state index contributed by atoms with van der Waals surface area (Å²) in [6, 6.07) is 2.09. The van der Waals surface area contributed by atoms with Gasteiger partial charge in [-0.15, -0.1) is 0 Å². The number of nitrogens with one attached hydrogen (secondary N) is 3. The minimum atomic E-state index is -3.59. The molecule has 1 heterocycles. The van der Waals surface area contributed by atoms with Crippen LogP contribution in [0, 0.1) is 5.82 Å². The Labute approximate surface area is 244 Å². The standard InChI is InChI=1S/C23H33BrFN6O7PS/c1-12(2)36-22(32)14(5)30-39(35,31-15(6)23(33)37-13(3)4)9-10-40-21-19(28-38-29-21)20(27-34)26-16-7-8-18(25)17(24)11-16/h7-8,11-15,34H,9-10H2,1-6H3,(H,26,27)(H2,30,31,35)/t14-,15-/m0/s1. The van der Waals surface area contributed by atoms with Gasteiger partial charge < -0.3 is 9.47 Å². The lowest BCUT2D eigenvalue weighted by atomic mass is 10.3. The van der Waals surface area contributed by atoms with Gasteiger partial charge in [0, 0.05) is 11.9 Å². The van der Waals surface area contributed by atoms with Crippen LogP contribution in [0.2, 0.25) is 0 Å². The Hall–Kier alpha value is -2.36. The van der Waals surface area contributed by atoms with Gasteiger partial charge in [0.25, 0.3) is 0 Å². The number of hydrogen-bond donors (Lipinski definition) is 4. The molecule has 1 aromatic heterocycles. The molecule has 0 saturated heterocycles. The second-order valence-corrected chi connectivity index (χ2v) is 13.5. The first kappa shape index (κ1) is 33.8. The molecule has 13 nitrogen and oxygen atoms in total. The van der Waals surface area contributed by atoms with Crippen LogP contribution in [0.3, 0.4) is 0 Å². The number of rotatable bonds is 14. The molecule has 2 aromatic rings. The number of nitrogens with zero attached hydrogens (tertiary/aromatic N) is 3. The zero-order chi connectivity index (χ0) is 30.0. The molecule has 17 heteroatoms. The van der Waals surface area contributed by atoms with Crippen molar-refractivity contribution in [3.8, 4) is 0 Å². The molecule has 0 aliphatic heterocycles. The average Bonchev–Trinajstić information content (AvgIpc) is 3.31. The quantitative estimate of drug-likeness (QED) is 0.0564. The zero-order valence-electron chi connectivity index (χ0n) is 22.8. The van der Waals surface area contributed by atoms with Crippen LogP contribution in [-0.4, -0.2) is 69.5 Å². The van der Waals surface area contributed by atoms with Crippen molar-refractivity contribution >= 4 is 58.6 Å². The third kappa shape index (κ3) is 10.6. The van der Waals surface area contributed by atoms with Crippen LogP contribution in [0.4, 0.5) is 10.1 Å². The summed E-state index contributed by atoms with van der Waals surface area (Å²) in [6.07, 6.45) is -0.790. The van der Waals surface area contributed by atoms with Crippen molar-refractivity contribution in [1.82, 2.24) is 26.0 Å². The van der Waals surface area contributed by atoms with Crippen LogP contribution in [0.25, 0.3) is 0 Å². The zero-order valence-corrected chi connectivity index (χ0v) is 26.1. The summed E-state index contributed by atoms with van der Waals surface area (Å²) < 4.78 is 42.8. The van der Waals surface area contributed by atoms with Gasteiger partial charge in [-0.1, -0.05) is 11.8 Å². The molecule has 0 saturated carbocycles. The van der Waals surface area contributed by atoms with Crippen molar-refractivity contribution in [2.75, 3.05) is 11.9 Å². The highest BCUT2D eigenvalue weighted by atomic mass is 79.9. The molecule has 0 bridgehead atoms. The third-order valence-electron chi connectivity index (χ3n) is 4.79. The fraction of sp³-hybridized carbons (Fsp3) is 0.522. The van der Waals surface area contributed by atoms with Crippen molar-refractivity contribution in [2.24, 2.45) is 4.99 Å². The van der Waals surface area contributed by atoms with Crippen LogP contribution >= 0.6 is 35.1 Å². The maximum Gasteiger partial charge on any atom is 0.323 e. The molecule has 4 N–H and O–H groups in total. The molecule has 0 radical (unpaired) electrons. The van der Waals surface area contributed by atoms with Crippen molar-refractivity contribution in [1.29, 1.82) is 0 Å². The van der Waals surface area contributed by atoms with E-state index in [9.17, 15) is 23.8 Å². The largest absolute Gasteiger partial charge is 0.462 e. The van der Waals surface area contributed by atoms with Crippen LogP contribution < -0.4 is 15.7 Å². The van der Waals surface area contributed by atoms with Gasteiger partial charge in [0.1, 0.15) is 17.9 Å². The van der Waals surface area contributed by atoms with E-state index in [0.29, 0.717) is 5.69 Å². The summed E-state index contributed by atoms with van der Waals surface area (Å²) in [7, 11) is -3.59. The number of thioether (sulfide) groups is 1. The molecule has 0 unspecified atom stereocenters. The lowest BCUT2D eigenvalue weighted by Crippen LogP contribution is -2.43. The number of carbonyl (C=O) groups excluding carboxylic acids is 2. The summed E-state index contributed by atoms with van der Waals surface area (Å²) in [5.41, 5.74) is 2.27. The van der Waals surface area contributed by atoms with Crippen molar-refractivity contribution in [3.63, 3.8) is 0 Å². The smallest absolute Gasteiger partial charge is 0.323 e. The van der Waals surface area contributed by atoms with E-state index in [0.717, 1.165) is 11.8 Å². The Morgan fingerprint density at radius 1 is 1.10 bits per heavy atom. The predicted molar refractivity (Wildman–Crippen MR) is 150 cm³/mol. The summed E-state index contributed by atoms with van der Waals surface area (Å²) >= 11 is 4.15. The fourth-order valence-corrected chi connectivity index (χ4v) is 7.18. The van der Waals surface area contributed by atoms with E-state index < -0.39 is 37.3 Å². The van der Waals surface area contributed by atoms with E-state index in [1.54, 1.807) is 27.7 Å². The number of halogens is 2. The molecule has 40 heavy (non-hydrogen) atoms. The normalized spacial score (nSPS) is 13.8. The number of aromatic nitrogens is 2. The summed E-state index contributed by atoms with van der Waals surface area (Å²) in [5.74, 6) is -1.67. The highest BCUT2D eigenvalue weighted by Crippen LogP contribution is 2.39. The highest BCUT2D eigenvalue weighted by Gasteiger charge is 2.32. The number of hydroxylamine groups is 1. The molecule has 222 valence electrons. The van der Waals surface area contributed by atoms with E-state index in [2.05, 4.69) is 41.4 Å². The van der Waals surface area contributed by atoms with Gasteiger partial charge in [-0.25, -0.2) is 24.2 Å². The Balaban J connectivity index is 2.20. The number of carbonyl (C=O) groups is 2. The van der Waals surface area contributed by atoms with Gasteiger partial charge in [-0.05, 0) is 86.0 Å². The second kappa shape index (κ2) is 15.6. The first-order valence-corrected chi connectivity index (χ1v) is 15.9. The number of benzene rings is 1. The molecule has 2 rings (SSSR count). The lowest BCUT2D eigenvalue weighted by molar-refractivity contribution is -0.149. The van der Waals surface area contributed by atoms with Gasteiger partial charge >= 0.3 is 11.9 Å². The molecule has 0 aliphatic rings. The Morgan fingerprint density at radius 3 is 2.17 bits per heavy atom. The molecule has 2 atom stereocenters. The van der Waals surface area contributed by atoms with Crippen LogP contribution in [-0.2, 0) is 23.6 Å². The van der Waals surface area contributed by atoms with E-state index in [1.807, 2.05) is 5.48 Å². The number of hydrogen-bond acceptors (Lipinski definition) is 11. The molecular formula is C23H33BrFN6O7PS. The number of amidine groups is 1. The van der Waals surface area contributed by atoms with E-state index in [4.69, 9.17) is 14.1 Å². The van der Waals surface area contributed by atoms with Crippen LogP contribution in [0.5, 0.6) is 0 Å². The molecule has 0 fully saturated rings. The second-order valence-electron chi connectivity index (χ2n) is 9.07. The maximum absolute atomic E-state index is 13.9. The number of esters is 2. The van der Waals surface area contributed by atoms with Gasteiger partial charge in [0.15, 0.2) is 16.6 Å². The molecule has 1 aromatic carbocycles. The first-order valence-electron chi connectivity index (χ1n) is 12.2. The maximum atomic E-state index is 13.9. The molecule has 0 amide bonds. The first-order chi connectivity index (χ1) is 18.7. The summed E-state index contributed by atoms with van der Waals surface area (Å²) in [6.45, 7) is 9.79. The number of ether oxygens (including phenoxy) is 2. The van der Waals surface area contributed by atoms with E-state index in [-0.39, 0.29) is 45.2 Å². The van der Waals surface area contributed by atoms with E-state index >= 15 is 0 Å². The summed E-state index contributed by atoms with van der Waals surface area (Å²) in [5, 5.41) is 23.0. The van der Waals surface area contributed by atoms with Crippen molar-refractivity contribution < 1.29 is 37.9 Å². The van der Waals surface area contributed by atoms with Gasteiger partial charge in [-0.3, -0.25) is 24.8 Å². The minimum absolute atomic E-state index is 0.0476. The fourth-order valence-electron chi connectivity index (χ4n) is 3.07. The van der Waals surface area contributed by atoms with Crippen molar-refractivity contribution in [2.45, 2.75) is 70.9 Å². The van der Waals surface area contributed by atoms with Gasteiger partial charge in [0.05, 0.1) is 22.4 Å². The minimum Gasteiger partial charge on any atom is -0.462 e. The van der Waals surface area contributed by atoms with E-state index in [1.165, 1.54) is 32.0 Å². The number of aliphatic imine (C=N–C) groups is 1.